The summed E-state index contributed by atoms with van der Waals surface area (Å²) in [6.45, 7) is 4.59. The third-order valence-corrected chi connectivity index (χ3v) is 9.77. The Morgan fingerprint density at radius 3 is 2.10 bits per heavy atom. The third kappa shape index (κ3) is 9.82. The molecule has 0 saturated heterocycles. The van der Waals surface area contributed by atoms with Crippen LogP contribution in [0.2, 0.25) is 5.02 Å². The van der Waals surface area contributed by atoms with Crippen LogP contribution < -0.4 is 9.62 Å². The zero-order chi connectivity index (χ0) is 35.9. The molecule has 4 aromatic carbocycles. The topological polar surface area (TPSA) is 86.8 Å². The molecular formula is C36H36ClF4N3O4S. The van der Waals surface area contributed by atoms with Crippen molar-refractivity contribution in [2.45, 2.75) is 50.9 Å². The second-order valence-corrected chi connectivity index (χ2v) is 14.2. The fraction of sp³-hybridized carbons (Fsp3) is 0.278. The first-order chi connectivity index (χ1) is 23.1. The van der Waals surface area contributed by atoms with Crippen molar-refractivity contribution in [2.24, 2.45) is 5.92 Å². The number of aryl methyl sites for hydroxylation is 1. The number of alkyl halides is 3. The Morgan fingerprint density at radius 2 is 1.51 bits per heavy atom. The smallest absolute Gasteiger partial charge is 0.354 e. The number of amides is 2. The van der Waals surface area contributed by atoms with Crippen LogP contribution in [0.15, 0.2) is 102 Å². The van der Waals surface area contributed by atoms with Gasteiger partial charge in [0.25, 0.3) is 10.0 Å². The number of anilines is 1. The third-order valence-electron chi connectivity index (χ3n) is 7.65. The summed E-state index contributed by atoms with van der Waals surface area (Å²) >= 11 is 5.86. The van der Waals surface area contributed by atoms with Crippen LogP contribution in [0.5, 0.6) is 0 Å². The van der Waals surface area contributed by atoms with E-state index < -0.39 is 62.7 Å². The fourth-order valence-electron chi connectivity index (χ4n) is 5.01. The molecule has 0 spiro atoms. The van der Waals surface area contributed by atoms with E-state index >= 15 is 0 Å². The normalized spacial score (nSPS) is 12.4. The molecule has 13 heteroatoms. The predicted molar refractivity (Wildman–Crippen MR) is 181 cm³/mol. The molecule has 0 radical (unpaired) electrons. The second-order valence-electron chi connectivity index (χ2n) is 12.0. The quantitative estimate of drug-likeness (QED) is 0.146. The van der Waals surface area contributed by atoms with Crippen LogP contribution in [-0.2, 0) is 38.8 Å². The van der Waals surface area contributed by atoms with E-state index in [-0.39, 0.29) is 30.3 Å². The van der Waals surface area contributed by atoms with Gasteiger partial charge in [0.15, 0.2) is 0 Å². The second kappa shape index (κ2) is 15.9. The Kier molecular flexibility index (Phi) is 12.1. The largest absolute Gasteiger partial charge is 0.417 e. The van der Waals surface area contributed by atoms with E-state index in [1.807, 2.05) is 13.8 Å². The lowest BCUT2D eigenvalue weighted by molar-refractivity contribution is -0.140. The molecule has 0 unspecified atom stereocenters. The number of carbonyl (C=O) groups is 2. The van der Waals surface area contributed by atoms with Crippen LogP contribution in [0.1, 0.15) is 36.1 Å². The highest BCUT2D eigenvalue weighted by Gasteiger charge is 2.37. The van der Waals surface area contributed by atoms with Crippen LogP contribution in [0, 0.1) is 18.7 Å². The molecule has 0 aromatic heterocycles. The Balaban J connectivity index is 1.86. The van der Waals surface area contributed by atoms with E-state index in [0.717, 1.165) is 17.7 Å². The van der Waals surface area contributed by atoms with E-state index in [1.54, 1.807) is 37.3 Å². The molecule has 0 bridgehead atoms. The molecular weight excluding hydrogens is 682 g/mol. The number of nitrogens with one attached hydrogen (secondary N) is 1. The number of benzene rings is 4. The number of nitrogens with zero attached hydrogens (tertiary/aromatic N) is 2. The molecule has 0 heterocycles. The van der Waals surface area contributed by atoms with Crippen LogP contribution in [0.25, 0.3) is 0 Å². The summed E-state index contributed by atoms with van der Waals surface area (Å²) in [5.74, 6) is -1.88. The van der Waals surface area contributed by atoms with Gasteiger partial charge in [-0.2, -0.15) is 13.2 Å². The summed E-state index contributed by atoms with van der Waals surface area (Å²) in [5, 5.41) is 2.19. The highest BCUT2D eigenvalue weighted by atomic mass is 35.5. The van der Waals surface area contributed by atoms with E-state index in [9.17, 15) is 35.6 Å². The predicted octanol–water partition coefficient (Wildman–Crippen LogP) is 7.41. The minimum absolute atomic E-state index is 0.0293. The lowest BCUT2D eigenvalue weighted by Gasteiger charge is -2.34. The average Bonchev–Trinajstić information content (AvgIpc) is 3.05. The summed E-state index contributed by atoms with van der Waals surface area (Å²) in [4.78, 5) is 29.2. The van der Waals surface area contributed by atoms with Gasteiger partial charge in [-0.05, 0) is 66.4 Å². The van der Waals surface area contributed by atoms with Gasteiger partial charge in [0.1, 0.15) is 18.4 Å². The lowest BCUT2D eigenvalue weighted by Crippen LogP contribution is -2.53. The molecule has 49 heavy (non-hydrogen) atoms. The van der Waals surface area contributed by atoms with Crippen LogP contribution in [0.3, 0.4) is 0 Å². The summed E-state index contributed by atoms with van der Waals surface area (Å²) in [5.41, 5.74) is 0.107. The van der Waals surface area contributed by atoms with Crippen LogP contribution in [-0.4, -0.2) is 44.3 Å². The van der Waals surface area contributed by atoms with Crippen LogP contribution >= 0.6 is 11.6 Å². The summed E-state index contributed by atoms with van der Waals surface area (Å²) in [7, 11) is -4.65. The summed E-state index contributed by atoms with van der Waals surface area (Å²) < 4.78 is 84.5. The maximum absolute atomic E-state index is 14.5. The first-order valence-electron chi connectivity index (χ1n) is 15.4. The zero-order valence-corrected chi connectivity index (χ0v) is 28.6. The van der Waals surface area contributed by atoms with E-state index in [1.165, 1.54) is 53.4 Å². The van der Waals surface area contributed by atoms with E-state index in [2.05, 4.69) is 5.32 Å². The van der Waals surface area contributed by atoms with Crippen molar-refractivity contribution in [1.29, 1.82) is 0 Å². The van der Waals surface area contributed by atoms with Crippen molar-refractivity contribution in [3.8, 4) is 0 Å². The first kappa shape index (κ1) is 37.4. The molecule has 1 N–H and O–H groups in total. The van der Waals surface area contributed by atoms with E-state index in [4.69, 9.17) is 11.6 Å². The minimum atomic E-state index is -4.93. The molecule has 4 rings (SSSR count). The number of sulfonamides is 1. The molecule has 0 aliphatic rings. The Hall–Kier alpha value is -4.42. The minimum Gasteiger partial charge on any atom is -0.354 e. The lowest BCUT2D eigenvalue weighted by atomic mass is 10.0. The Morgan fingerprint density at radius 1 is 0.878 bits per heavy atom. The molecule has 0 saturated carbocycles. The maximum Gasteiger partial charge on any atom is 0.417 e. The van der Waals surface area contributed by atoms with Gasteiger partial charge < -0.3 is 10.2 Å². The number of hydrogen-bond acceptors (Lipinski definition) is 4. The van der Waals surface area contributed by atoms with Gasteiger partial charge in [0.05, 0.1) is 21.2 Å². The van der Waals surface area contributed by atoms with Crippen molar-refractivity contribution in [3.05, 3.63) is 130 Å². The van der Waals surface area contributed by atoms with Crippen molar-refractivity contribution >= 4 is 39.1 Å². The Labute approximate surface area is 288 Å². The molecule has 1 atom stereocenters. The molecule has 0 fully saturated rings. The molecule has 260 valence electrons. The molecule has 7 nitrogen and oxygen atoms in total. The number of hydrogen-bond donors (Lipinski definition) is 1. The van der Waals surface area contributed by atoms with Crippen molar-refractivity contribution in [2.75, 3.05) is 17.4 Å². The van der Waals surface area contributed by atoms with E-state index in [0.29, 0.717) is 21.5 Å². The highest BCUT2D eigenvalue weighted by molar-refractivity contribution is 7.92. The highest BCUT2D eigenvalue weighted by Crippen LogP contribution is 2.38. The van der Waals surface area contributed by atoms with Gasteiger partial charge in [-0.3, -0.25) is 13.9 Å². The monoisotopic (exact) mass is 717 g/mol. The number of rotatable bonds is 13. The van der Waals surface area contributed by atoms with Gasteiger partial charge in [-0.1, -0.05) is 85.6 Å². The van der Waals surface area contributed by atoms with Crippen molar-refractivity contribution in [1.82, 2.24) is 10.2 Å². The summed E-state index contributed by atoms with van der Waals surface area (Å²) in [6, 6.07) is 21.1. The molecule has 4 aromatic rings. The van der Waals surface area contributed by atoms with Gasteiger partial charge in [-0.15, -0.1) is 0 Å². The van der Waals surface area contributed by atoms with Gasteiger partial charge in [0.2, 0.25) is 11.8 Å². The SMILES string of the molecule is Cc1ccc(S(=O)(=O)N(CC(=O)N(Cc2ccc(F)cc2)[C@H](Cc2ccccc2)C(=O)NCC(C)C)c2ccc(Cl)c(C(F)(F)F)c2)cc1. The molecule has 0 aliphatic carbocycles. The zero-order valence-electron chi connectivity index (χ0n) is 27.0. The van der Waals surface area contributed by atoms with Crippen molar-refractivity contribution < 1.29 is 35.6 Å². The fourth-order valence-corrected chi connectivity index (χ4v) is 6.65. The standard InChI is InChI=1S/C36H36ClF4N3O4S/c1-24(2)21-42-35(46)33(19-26-7-5-4-6-8-26)43(22-27-11-13-28(38)14-12-27)34(45)23-44(49(47,48)30-16-9-25(3)10-17-30)29-15-18-32(37)31(20-29)36(39,40)41/h4-18,20,24,33H,19,21-23H2,1-3H3,(H,42,46)/t33-/m1/s1. The summed E-state index contributed by atoms with van der Waals surface area (Å²) in [6.07, 6.45) is -4.90. The van der Waals surface area contributed by atoms with Crippen molar-refractivity contribution in [3.63, 3.8) is 0 Å². The van der Waals surface area contributed by atoms with Gasteiger partial charge in [-0.25, -0.2) is 12.8 Å². The van der Waals surface area contributed by atoms with Crippen LogP contribution in [0.4, 0.5) is 23.2 Å². The molecule has 0 aliphatic heterocycles. The Bertz CT molecular complexity index is 1850. The maximum atomic E-state index is 14.5. The number of carbonyl (C=O) groups excluding carboxylic acids is 2. The van der Waals surface area contributed by atoms with Gasteiger partial charge in [0, 0.05) is 19.5 Å². The van der Waals surface area contributed by atoms with Gasteiger partial charge >= 0.3 is 6.18 Å². The number of halogens is 5. The average molecular weight is 718 g/mol. The molecule has 2 amide bonds. The first-order valence-corrected chi connectivity index (χ1v) is 17.2.